The van der Waals surface area contributed by atoms with Gasteiger partial charge < -0.3 is 15.4 Å². The van der Waals surface area contributed by atoms with Gasteiger partial charge in [-0.3, -0.25) is 4.79 Å². The third-order valence-electron chi connectivity index (χ3n) is 2.73. The van der Waals surface area contributed by atoms with E-state index in [1.807, 2.05) is 0 Å². The summed E-state index contributed by atoms with van der Waals surface area (Å²) in [5, 5.41) is 13.8. The smallest absolute Gasteiger partial charge is 0.343 e. The minimum atomic E-state index is -0.583. The Kier molecular flexibility index (Phi) is 4.59. The normalized spacial score (nSPS) is 10.4. The Morgan fingerprint density at radius 2 is 2.29 bits per heavy atom. The lowest BCUT2D eigenvalue weighted by molar-refractivity contribution is -0.392. The van der Waals surface area contributed by atoms with Crippen molar-refractivity contribution in [3.8, 4) is 0 Å². The molecule has 0 radical (unpaired) electrons. The monoisotopic (exact) mass is 372 g/mol. The van der Waals surface area contributed by atoms with Crippen LogP contribution in [0.2, 0.25) is 5.02 Å². The standard InChI is InChI=1S/C12H10BrClN4O3/c1-7-15-5-12(18(20)21)17(7)6-11(19)16-10-3-2-8(13)4-9(10)14/h2-5H,6H2,1H3,(H,16,19). The van der Waals surface area contributed by atoms with Crippen molar-refractivity contribution in [3.63, 3.8) is 0 Å². The van der Waals surface area contributed by atoms with Crippen molar-refractivity contribution in [2.45, 2.75) is 13.5 Å². The molecule has 0 bridgehead atoms. The van der Waals surface area contributed by atoms with Crippen LogP contribution >= 0.6 is 27.5 Å². The van der Waals surface area contributed by atoms with E-state index in [1.54, 1.807) is 25.1 Å². The minimum absolute atomic E-state index is 0.214. The first-order chi connectivity index (χ1) is 9.88. The number of rotatable bonds is 4. The number of aryl methyl sites for hydroxylation is 1. The molecule has 1 amide bonds. The Labute approximate surface area is 133 Å². The maximum atomic E-state index is 12.0. The fourth-order valence-electron chi connectivity index (χ4n) is 1.72. The highest BCUT2D eigenvalue weighted by molar-refractivity contribution is 9.10. The zero-order valence-electron chi connectivity index (χ0n) is 10.8. The molecule has 0 saturated carbocycles. The summed E-state index contributed by atoms with van der Waals surface area (Å²) < 4.78 is 2.01. The van der Waals surface area contributed by atoms with Gasteiger partial charge in [0.2, 0.25) is 0 Å². The first-order valence-corrected chi connectivity index (χ1v) is 6.97. The molecule has 110 valence electrons. The first kappa shape index (κ1) is 15.5. The van der Waals surface area contributed by atoms with Crippen LogP contribution < -0.4 is 5.32 Å². The van der Waals surface area contributed by atoms with E-state index in [0.29, 0.717) is 16.5 Å². The molecule has 2 aromatic rings. The topological polar surface area (TPSA) is 90.1 Å². The molecule has 0 atom stereocenters. The predicted octanol–water partition coefficient (Wildman–Crippen LogP) is 3.15. The fraction of sp³-hybridized carbons (Fsp3) is 0.167. The van der Waals surface area contributed by atoms with Crippen LogP contribution in [-0.4, -0.2) is 20.4 Å². The zero-order valence-corrected chi connectivity index (χ0v) is 13.2. The van der Waals surface area contributed by atoms with Gasteiger partial charge in [0.1, 0.15) is 6.20 Å². The highest BCUT2D eigenvalue weighted by Gasteiger charge is 2.20. The Balaban J connectivity index is 2.15. The summed E-state index contributed by atoms with van der Waals surface area (Å²) in [5.74, 6) is -0.272. The van der Waals surface area contributed by atoms with Gasteiger partial charge >= 0.3 is 5.82 Å². The number of anilines is 1. The number of nitro groups is 1. The van der Waals surface area contributed by atoms with Crippen molar-refractivity contribution >= 4 is 44.9 Å². The molecule has 1 aromatic heterocycles. The second-order valence-corrected chi connectivity index (χ2v) is 5.50. The van der Waals surface area contributed by atoms with Crippen LogP contribution in [0.4, 0.5) is 11.5 Å². The van der Waals surface area contributed by atoms with Crippen molar-refractivity contribution in [2.24, 2.45) is 0 Å². The molecular weight excluding hydrogens is 364 g/mol. The number of halogens is 2. The van der Waals surface area contributed by atoms with Gasteiger partial charge in [0.25, 0.3) is 5.91 Å². The van der Waals surface area contributed by atoms with E-state index in [0.717, 1.165) is 10.7 Å². The van der Waals surface area contributed by atoms with Gasteiger partial charge in [-0.15, -0.1) is 0 Å². The van der Waals surface area contributed by atoms with Crippen molar-refractivity contribution < 1.29 is 9.72 Å². The summed E-state index contributed by atoms with van der Waals surface area (Å²) in [4.78, 5) is 26.1. The van der Waals surface area contributed by atoms with E-state index in [2.05, 4.69) is 26.2 Å². The molecule has 0 fully saturated rings. The van der Waals surface area contributed by atoms with Gasteiger partial charge in [-0.1, -0.05) is 27.5 Å². The number of carbonyl (C=O) groups is 1. The number of aromatic nitrogens is 2. The van der Waals surface area contributed by atoms with Crippen LogP contribution in [0.1, 0.15) is 5.82 Å². The molecule has 0 spiro atoms. The summed E-state index contributed by atoms with van der Waals surface area (Å²) in [7, 11) is 0. The average molecular weight is 374 g/mol. The number of carbonyl (C=O) groups excluding carboxylic acids is 1. The van der Waals surface area contributed by atoms with Gasteiger partial charge in [-0.2, -0.15) is 0 Å². The lowest BCUT2D eigenvalue weighted by Crippen LogP contribution is -2.20. The van der Waals surface area contributed by atoms with Crippen LogP contribution in [0.25, 0.3) is 0 Å². The molecule has 21 heavy (non-hydrogen) atoms. The van der Waals surface area contributed by atoms with Gasteiger partial charge in [0, 0.05) is 11.4 Å². The lowest BCUT2D eigenvalue weighted by Gasteiger charge is -2.07. The number of nitrogens with one attached hydrogen (secondary N) is 1. The van der Waals surface area contributed by atoms with Crippen LogP contribution in [0.15, 0.2) is 28.9 Å². The van der Waals surface area contributed by atoms with Crippen LogP contribution in [0.3, 0.4) is 0 Å². The number of benzene rings is 1. The summed E-state index contributed by atoms with van der Waals surface area (Å²) >= 11 is 9.26. The van der Waals surface area contributed by atoms with Gasteiger partial charge in [0.05, 0.1) is 10.7 Å². The molecular formula is C12H10BrClN4O3. The predicted molar refractivity (Wildman–Crippen MR) is 81.4 cm³/mol. The molecule has 1 N–H and O–H groups in total. The van der Waals surface area contributed by atoms with Gasteiger partial charge in [-0.05, 0) is 23.1 Å². The maximum absolute atomic E-state index is 12.0. The molecule has 0 aliphatic rings. The SMILES string of the molecule is Cc1ncc([N+](=O)[O-])n1CC(=O)Nc1ccc(Br)cc1Cl. The average Bonchev–Trinajstić information content (AvgIpc) is 2.75. The van der Waals surface area contributed by atoms with Crippen LogP contribution in [0, 0.1) is 17.0 Å². The van der Waals surface area contributed by atoms with Gasteiger partial charge in [0.15, 0.2) is 12.4 Å². The third kappa shape index (κ3) is 3.59. The minimum Gasteiger partial charge on any atom is -0.358 e. The quantitative estimate of drug-likeness (QED) is 0.658. The van der Waals surface area contributed by atoms with Crippen molar-refractivity contribution in [2.75, 3.05) is 5.32 Å². The number of hydrogen-bond acceptors (Lipinski definition) is 4. The van der Waals surface area contributed by atoms with E-state index < -0.39 is 10.8 Å². The van der Waals surface area contributed by atoms with Crippen LogP contribution in [-0.2, 0) is 11.3 Å². The Morgan fingerprint density at radius 3 is 2.90 bits per heavy atom. The number of amides is 1. The first-order valence-electron chi connectivity index (χ1n) is 5.80. The Morgan fingerprint density at radius 1 is 1.57 bits per heavy atom. The molecule has 0 aliphatic heterocycles. The summed E-state index contributed by atoms with van der Waals surface area (Å²) in [5.41, 5.74) is 0.435. The number of imidazole rings is 1. The second kappa shape index (κ2) is 6.23. The second-order valence-electron chi connectivity index (χ2n) is 4.18. The van der Waals surface area contributed by atoms with E-state index in [4.69, 9.17) is 11.6 Å². The zero-order chi connectivity index (χ0) is 15.6. The van der Waals surface area contributed by atoms with E-state index >= 15 is 0 Å². The number of nitrogens with zero attached hydrogens (tertiary/aromatic N) is 3. The molecule has 1 heterocycles. The molecule has 7 nitrogen and oxygen atoms in total. The molecule has 0 unspecified atom stereocenters. The van der Waals surface area contributed by atoms with E-state index in [1.165, 1.54) is 4.57 Å². The largest absolute Gasteiger partial charge is 0.358 e. The van der Waals surface area contributed by atoms with E-state index in [-0.39, 0.29) is 12.4 Å². The molecule has 9 heteroatoms. The summed E-state index contributed by atoms with van der Waals surface area (Å²) in [6, 6.07) is 5.01. The summed E-state index contributed by atoms with van der Waals surface area (Å²) in [6.45, 7) is 1.38. The molecule has 0 aliphatic carbocycles. The molecule has 0 saturated heterocycles. The third-order valence-corrected chi connectivity index (χ3v) is 3.53. The summed E-state index contributed by atoms with van der Waals surface area (Å²) in [6.07, 6.45) is 1.12. The van der Waals surface area contributed by atoms with Crippen LogP contribution in [0.5, 0.6) is 0 Å². The Hall–Kier alpha value is -1.93. The molecule has 2 rings (SSSR count). The van der Waals surface area contributed by atoms with Gasteiger partial charge in [-0.25, -0.2) is 9.55 Å². The van der Waals surface area contributed by atoms with Crippen molar-refractivity contribution in [1.82, 2.24) is 9.55 Å². The van der Waals surface area contributed by atoms with E-state index in [9.17, 15) is 14.9 Å². The maximum Gasteiger partial charge on any atom is 0.343 e. The highest BCUT2D eigenvalue weighted by Crippen LogP contribution is 2.25. The highest BCUT2D eigenvalue weighted by atomic mass is 79.9. The fourth-order valence-corrected chi connectivity index (χ4v) is 2.44. The number of hydrogen-bond donors (Lipinski definition) is 1. The Bertz CT molecular complexity index is 717. The molecule has 1 aromatic carbocycles. The lowest BCUT2D eigenvalue weighted by atomic mass is 10.3. The van der Waals surface area contributed by atoms with Crippen molar-refractivity contribution in [1.29, 1.82) is 0 Å². The van der Waals surface area contributed by atoms with Crippen molar-refractivity contribution in [3.05, 3.63) is 49.8 Å².